The van der Waals surface area contributed by atoms with Crippen molar-refractivity contribution in [3.63, 3.8) is 0 Å². The Balaban J connectivity index is 2.56. The van der Waals surface area contributed by atoms with E-state index in [2.05, 4.69) is 5.32 Å². The molecule has 0 atom stereocenters. The van der Waals surface area contributed by atoms with Crippen LogP contribution in [-0.2, 0) is 4.79 Å². The van der Waals surface area contributed by atoms with E-state index < -0.39 is 0 Å². The lowest BCUT2D eigenvalue weighted by Crippen LogP contribution is -2.11. The Bertz CT molecular complexity index is 49.0. The van der Waals surface area contributed by atoms with Gasteiger partial charge in [-0.2, -0.15) is 0 Å². The first-order chi connectivity index (χ1) is 3.41. The first kappa shape index (κ1) is 6.53. The SMILES string of the molecule is [B]CCCNC=O. The first-order valence-corrected chi connectivity index (χ1v) is 2.29. The molecule has 1 N–H and O–H groups in total. The van der Waals surface area contributed by atoms with Crippen LogP contribution in [0, 0.1) is 0 Å². The topological polar surface area (TPSA) is 29.1 Å². The van der Waals surface area contributed by atoms with Gasteiger partial charge in [-0.3, -0.25) is 4.79 Å². The van der Waals surface area contributed by atoms with Gasteiger partial charge in [0, 0.05) is 6.54 Å². The van der Waals surface area contributed by atoms with Gasteiger partial charge in [0.1, 0.15) is 0 Å². The zero-order valence-electron chi connectivity index (χ0n) is 4.18. The molecule has 0 saturated heterocycles. The average molecular weight is 96.9 g/mol. The van der Waals surface area contributed by atoms with Crippen LogP contribution in [0.4, 0.5) is 0 Å². The van der Waals surface area contributed by atoms with Crippen LogP contribution in [-0.4, -0.2) is 20.8 Å². The smallest absolute Gasteiger partial charge is 0.207 e. The summed E-state index contributed by atoms with van der Waals surface area (Å²) in [5.74, 6) is 0. The largest absolute Gasteiger partial charge is 0.359 e. The lowest BCUT2D eigenvalue weighted by molar-refractivity contribution is -0.109. The Hall–Kier alpha value is -0.465. The number of carbonyl (C=O) groups excluding carboxylic acids is 1. The van der Waals surface area contributed by atoms with Crippen molar-refractivity contribution in [2.24, 2.45) is 0 Å². The van der Waals surface area contributed by atoms with E-state index in [4.69, 9.17) is 7.85 Å². The predicted octanol–water partition coefficient (Wildman–Crippen LogP) is -0.291. The number of nitrogens with one attached hydrogen (secondary N) is 1. The summed E-state index contributed by atoms with van der Waals surface area (Å²) in [7, 11) is 5.11. The number of amides is 1. The van der Waals surface area contributed by atoms with Crippen molar-refractivity contribution >= 4 is 14.3 Å². The van der Waals surface area contributed by atoms with Gasteiger partial charge in [-0.05, 0) is 6.42 Å². The van der Waals surface area contributed by atoms with Gasteiger partial charge in [-0.25, -0.2) is 0 Å². The summed E-state index contributed by atoms with van der Waals surface area (Å²) < 4.78 is 0. The molecular weight excluding hydrogens is 88.9 g/mol. The zero-order valence-corrected chi connectivity index (χ0v) is 4.18. The molecule has 0 unspecified atom stereocenters. The summed E-state index contributed by atoms with van der Waals surface area (Å²) in [6.07, 6.45) is 2.18. The molecule has 38 valence electrons. The van der Waals surface area contributed by atoms with Gasteiger partial charge in [0.2, 0.25) is 6.41 Å². The van der Waals surface area contributed by atoms with E-state index in [1.807, 2.05) is 0 Å². The maximum absolute atomic E-state index is 9.53. The van der Waals surface area contributed by atoms with E-state index in [-0.39, 0.29) is 0 Å². The highest BCUT2D eigenvalue weighted by atomic mass is 16.1. The molecule has 0 saturated carbocycles. The van der Waals surface area contributed by atoms with Crippen molar-refractivity contribution in [2.45, 2.75) is 12.7 Å². The molecule has 0 aromatic rings. The predicted molar refractivity (Wildman–Crippen MR) is 29.2 cm³/mol. The van der Waals surface area contributed by atoms with E-state index in [9.17, 15) is 4.79 Å². The van der Waals surface area contributed by atoms with Gasteiger partial charge in [-0.15, -0.1) is 0 Å². The monoisotopic (exact) mass is 97.1 g/mol. The molecule has 0 heterocycles. The highest BCUT2D eigenvalue weighted by Gasteiger charge is 1.76. The maximum atomic E-state index is 9.53. The number of carbonyl (C=O) groups is 1. The van der Waals surface area contributed by atoms with Gasteiger partial charge in [-0.1, -0.05) is 6.32 Å². The molecule has 0 fully saturated rings. The van der Waals surface area contributed by atoms with Gasteiger partial charge in [0.05, 0.1) is 7.85 Å². The Morgan fingerprint density at radius 2 is 2.43 bits per heavy atom. The highest BCUT2D eigenvalue weighted by molar-refractivity contribution is 6.08. The normalized spacial score (nSPS) is 8.00. The molecule has 0 aromatic heterocycles. The fraction of sp³-hybridized carbons (Fsp3) is 0.750. The number of hydrogen-bond donors (Lipinski definition) is 1. The van der Waals surface area contributed by atoms with E-state index in [1.165, 1.54) is 0 Å². The Morgan fingerprint density at radius 1 is 1.71 bits per heavy atom. The van der Waals surface area contributed by atoms with E-state index in [0.29, 0.717) is 19.3 Å². The highest BCUT2D eigenvalue weighted by Crippen LogP contribution is 1.76. The third kappa shape index (κ3) is 5.53. The van der Waals surface area contributed by atoms with Crippen LogP contribution >= 0.6 is 0 Å². The van der Waals surface area contributed by atoms with Gasteiger partial charge in [0.25, 0.3) is 0 Å². The second-order valence-electron chi connectivity index (χ2n) is 1.21. The molecule has 2 radical (unpaired) electrons. The molecule has 0 spiro atoms. The molecule has 0 aliphatic carbocycles. The second-order valence-corrected chi connectivity index (χ2v) is 1.21. The van der Waals surface area contributed by atoms with Crippen LogP contribution in [0.2, 0.25) is 6.32 Å². The van der Waals surface area contributed by atoms with Crippen LogP contribution < -0.4 is 5.32 Å². The third-order valence-corrected chi connectivity index (χ3v) is 0.609. The average Bonchev–Trinajstić information content (AvgIpc) is 1.69. The zero-order chi connectivity index (χ0) is 5.54. The summed E-state index contributed by atoms with van der Waals surface area (Å²) in [5, 5.41) is 2.49. The van der Waals surface area contributed by atoms with Crippen LogP contribution in [0.25, 0.3) is 0 Å². The molecule has 0 aliphatic heterocycles. The molecular formula is C4H8BNO. The van der Waals surface area contributed by atoms with Crippen LogP contribution in [0.1, 0.15) is 6.42 Å². The third-order valence-electron chi connectivity index (χ3n) is 0.609. The Labute approximate surface area is 44.7 Å². The standard InChI is InChI=1S/C4H8BNO/c5-2-1-3-6-4-7/h4H,1-3H2,(H,6,7). The minimum Gasteiger partial charge on any atom is -0.359 e. The fourth-order valence-electron chi connectivity index (χ4n) is 0.263. The lowest BCUT2D eigenvalue weighted by Gasteiger charge is -1.90. The van der Waals surface area contributed by atoms with Crippen LogP contribution in [0.3, 0.4) is 0 Å². The maximum Gasteiger partial charge on any atom is 0.207 e. The molecule has 0 aromatic carbocycles. The molecule has 0 rings (SSSR count). The Morgan fingerprint density at radius 3 is 2.86 bits per heavy atom. The number of hydrogen-bond acceptors (Lipinski definition) is 1. The van der Waals surface area contributed by atoms with Crippen LogP contribution in [0.15, 0.2) is 0 Å². The molecule has 3 heteroatoms. The summed E-state index contributed by atoms with van der Waals surface area (Å²) in [4.78, 5) is 9.53. The minimum atomic E-state index is 0.640. The quantitative estimate of drug-likeness (QED) is 0.291. The first-order valence-electron chi connectivity index (χ1n) is 2.29. The summed E-state index contributed by atoms with van der Waals surface area (Å²) in [5.41, 5.74) is 0. The fourth-order valence-corrected chi connectivity index (χ4v) is 0.263. The van der Waals surface area contributed by atoms with Gasteiger partial charge in [0.15, 0.2) is 0 Å². The van der Waals surface area contributed by atoms with E-state index >= 15 is 0 Å². The van der Waals surface area contributed by atoms with Crippen molar-refractivity contribution in [3.05, 3.63) is 0 Å². The molecule has 1 amide bonds. The molecule has 2 nitrogen and oxygen atoms in total. The van der Waals surface area contributed by atoms with Gasteiger partial charge < -0.3 is 5.32 Å². The Kier molecular flexibility index (Phi) is 5.17. The lowest BCUT2D eigenvalue weighted by atomic mass is 10.0. The molecule has 7 heavy (non-hydrogen) atoms. The number of rotatable bonds is 4. The van der Waals surface area contributed by atoms with Crippen molar-refractivity contribution in [1.82, 2.24) is 5.32 Å². The summed E-state index contributed by atoms with van der Waals surface area (Å²) in [6.45, 7) is 0.694. The molecule has 0 bridgehead atoms. The summed E-state index contributed by atoms with van der Waals surface area (Å²) >= 11 is 0. The second kappa shape index (κ2) is 5.53. The van der Waals surface area contributed by atoms with E-state index in [1.54, 1.807) is 0 Å². The minimum absolute atomic E-state index is 0.640. The van der Waals surface area contributed by atoms with Crippen molar-refractivity contribution in [1.29, 1.82) is 0 Å². The molecule has 0 aliphatic rings. The van der Waals surface area contributed by atoms with Crippen LogP contribution in [0.5, 0.6) is 0 Å². The summed E-state index contributed by atoms with van der Waals surface area (Å²) in [6, 6.07) is 0. The van der Waals surface area contributed by atoms with Gasteiger partial charge >= 0.3 is 0 Å². The van der Waals surface area contributed by atoms with Crippen molar-refractivity contribution in [2.75, 3.05) is 6.54 Å². The van der Waals surface area contributed by atoms with Crippen molar-refractivity contribution < 1.29 is 4.79 Å². The van der Waals surface area contributed by atoms with Crippen molar-refractivity contribution in [3.8, 4) is 0 Å². The van der Waals surface area contributed by atoms with E-state index in [0.717, 1.165) is 6.42 Å².